The van der Waals surface area contributed by atoms with Gasteiger partial charge >= 0.3 is 5.69 Å². The molecule has 12 heteroatoms. The molecule has 35 heavy (non-hydrogen) atoms. The molecule has 0 atom stereocenters. The van der Waals surface area contributed by atoms with E-state index in [4.69, 9.17) is 27.9 Å². The summed E-state index contributed by atoms with van der Waals surface area (Å²) in [7, 11) is 0. The van der Waals surface area contributed by atoms with E-state index >= 15 is 0 Å². The largest absolute Gasteiger partial charge is 0.447 e. The average Bonchev–Trinajstić information content (AvgIpc) is 2.83. The fourth-order valence-corrected chi connectivity index (χ4v) is 3.49. The third-order valence-electron chi connectivity index (χ3n) is 4.55. The highest BCUT2D eigenvalue weighted by Gasteiger charge is 2.23. The molecule has 3 aromatic carbocycles. The second kappa shape index (κ2) is 11.1. The van der Waals surface area contributed by atoms with Crippen LogP contribution < -0.4 is 10.1 Å². The molecule has 176 valence electrons. The van der Waals surface area contributed by atoms with E-state index in [1.165, 1.54) is 18.2 Å². The molecule has 0 spiro atoms. The Morgan fingerprint density at radius 1 is 1.03 bits per heavy atom. The number of rotatable bonds is 8. The van der Waals surface area contributed by atoms with Crippen LogP contribution in [-0.2, 0) is 11.3 Å². The molecule has 1 amide bonds. The van der Waals surface area contributed by atoms with Crippen molar-refractivity contribution in [1.82, 2.24) is 5.32 Å². The fourth-order valence-electron chi connectivity index (χ4n) is 2.91. The van der Waals surface area contributed by atoms with E-state index in [-0.39, 0.29) is 33.7 Å². The molecular weight excluding hydrogens is 499 g/mol. The summed E-state index contributed by atoms with van der Waals surface area (Å²) >= 11 is 12.5. The summed E-state index contributed by atoms with van der Waals surface area (Å²) in [6.45, 7) is 0.223. The smallest absolute Gasteiger partial charge is 0.318 e. The number of benzene rings is 3. The van der Waals surface area contributed by atoms with Crippen LogP contribution in [0.3, 0.4) is 0 Å². The highest BCUT2D eigenvalue weighted by molar-refractivity contribution is 6.37. The number of carbonyl (C=O) groups is 1. The Morgan fingerprint density at radius 3 is 2.26 bits per heavy atom. The van der Waals surface area contributed by atoms with Gasteiger partial charge < -0.3 is 10.1 Å². The molecule has 0 aliphatic heterocycles. The zero-order valence-electron chi connectivity index (χ0n) is 17.6. The van der Waals surface area contributed by atoms with Gasteiger partial charge in [-0.05, 0) is 35.4 Å². The molecule has 0 bridgehead atoms. The van der Waals surface area contributed by atoms with Gasteiger partial charge in [0.05, 0.1) is 26.0 Å². The highest BCUT2D eigenvalue weighted by atomic mass is 35.5. The van der Waals surface area contributed by atoms with Crippen molar-refractivity contribution in [3.05, 3.63) is 108 Å². The van der Waals surface area contributed by atoms with Crippen LogP contribution in [0.5, 0.6) is 11.5 Å². The maximum absolute atomic E-state index is 12.4. The number of nitrogens with one attached hydrogen (secondary N) is 1. The number of carbonyl (C=O) groups excluding carboxylic acids is 1. The molecule has 3 rings (SSSR count). The first-order valence-electron chi connectivity index (χ1n) is 9.73. The second-order valence-electron chi connectivity index (χ2n) is 6.92. The van der Waals surface area contributed by atoms with Gasteiger partial charge in [0.25, 0.3) is 11.6 Å². The normalized spacial score (nSPS) is 10.8. The summed E-state index contributed by atoms with van der Waals surface area (Å²) in [5.41, 5.74) is -0.191. The first kappa shape index (κ1) is 25.2. The summed E-state index contributed by atoms with van der Waals surface area (Å²) in [4.78, 5) is 33.0. The lowest BCUT2D eigenvalue weighted by molar-refractivity contribution is -0.394. The summed E-state index contributed by atoms with van der Waals surface area (Å²) in [6.07, 6.45) is 1.27. The van der Waals surface area contributed by atoms with Crippen LogP contribution in [0.15, 0.2) is 66.2 Å². The lowest BCUT2D eigenvalue weighted by Crippen LogP contribution is -2.23. The minimum absolute atomic E-state index is 0.0709. The summed E-state index contributed by atoms with van der Waals surface area (Å²) in [6, 6.07) is 16.5. The Bertz CT molecular complexity index is 1360. The average molecular weight is 513 g/mol. The lowest BCUT2D eigenvalue weighted by atomic mass is 10.1. The number of ether oxygens (including phenoxy) is 1. The number of halogens is 2. The monoisotopic (exact) mass is 512 g/mol. The topological polar surface area (TPSA) is 148 Å². The predicted octanol–water partition coefficient (Wildman–Crippen LogP) is 5.83. The van der Waals surface area contributed by atoms with E-state index < -0.39 is 27.1 Å². The maximum Gasteiger partial charge on any atom is 0.318 e. The first-order chi connectivity index (χ1) is 16.7. The van der Waals surface area contributed by atoms with Crippen molar-refractivity contribution in [3.63, 3.8) is 0 Å². The molecule has 0 saturated carbocycles. The van der Waals surface area contributed by atoms with Gasteiger partial charge in [0, 0.05) is 12.6 Å². The van der Waals surface area contributed by atoms with Crippen LogP contribution in [-0.4, -0.2) is 15.8 Å². The van der Waals surface area contributed by atoms with Gasteiger partial charge in [-0.25, -0.2) is 0 Å². The van der Waals surface area contributed by atoms with Gasteiger partial charge in [0.2, 0.25) is 5.75 Å². The van der Waals surface area contributed by atoms with Crippen LogP contribution in [0.2, 0.25) is 10.0 Å². The Morgan fingerprint density at radius 2 is 1.69 bits per heavy atom. The quantitative estimate of drug-likeness (QED) is 0.173. The molecule has 0 aliphatic rings. The van der Waals surface area contributed by atoms with Crippen LogP contribution in [0, 0.1) is 31.6 Å². The SMILES string of the molecule is N#C/C(=C\c1cc(Cl)c(Oc2ccc([N+](=O)[O-])cc2[N+](=O)[O-])c(Cl)c1)C(=O)NCc1ccccc1. The number of nitro groups is 2. The molecule has 0 aromatic heterocycles. The number of nitriles is 1. The van der Waals surface area contributed by atoms with Crippen molar-refractivity contribution < 1.29 is 19.4 Å². The lowest BCUT2D eigenvalue weighted by Gasteiger charge is -2.11. The van der Waals surface area contributed by atoms with Gasteiger partial charge in [-0.2, -0.15) is 5.26 Å². The zero-order valence-corrected chi connectivity index (χ0v) is 19.1. The van der Waals surface area contributed by atoms with Crippen molar-refractivity contribution in [2.75, 3.05) is 0 Å². The molecule has 0 unspecified atom stereocenters. The van der Waals surface area contributed by atoms with Crippen molar-refractivity contribution in [2.45, 2.75) is 6.54 Å². The number of amides is 1. The first-order valence-corrected chi connectivity index (χ1v) is 10.5. The van der Waals surface area contributed by atoms with Crippen LogP contribution in [0.1, 0.15) is 11.1 Å². The van der Waals surface area contributed by atoms with Gasteiger partial charge in [-0.15, -0.1) is 0 Å². The molecule has 1 N–H and O–H groups in total. The fraction of sp³-hybridized carbons (Fsp3) is 0.0435. The van der Waals surface area contributed by atoms with Crippen molar-refractivity contribution in [1.29, 1.82) is 5.26 Å². The molecule has 3 aromatic rings. The predicted molar refractivity (Wildman–Crippen MR) is 128 cm³/mol. The Kier molecular flexibility index (Phi) is 7.99. The van der Waals surface area contributed by atoms with E-state index in [9.17, 15) is 30.3 Å². The number of nitro benzene ring substituents is 2. The highest BCUT2D eigenvalue weighted by Crippen LogP contribution is 2.41. The Hall–Kier alpha value is -4.46. The standard InChI is InChI=1S/C23H14Cl2N4O6/c24-18-9-15(8-16(12-26)23(30)27-13-14-4-2-1-3-5-14)10-19(25)22(18)35-21-7-6-17(28(31)32)11-20(21)29(33)34/h1-11H,13H2,(H,27,30)/b16-8+. The van der Waals surface area contributed by atoms with Gasteiger partial charge in [0.1, 0.15) is 11.6 Å². The van der Waals surface area contributed by atoms with E-state index in [0.717, 1.165) is 23.8 Å². The molecule has 10 nitrogen and oxygen atoms in total. The zero-order chi connectivity index (χ0) is 25.5. The number of nitrogens with zero attached hydrogens (tertiary/aromatic N) is 3. The van der Waals surface area contributed by atoms with E-state index in [0.29, 0.717) is 5.56 Å². The van der Waals surface area contributed by atoms with Gasteiger partial charge in [0.15, 0.2) is 5.75 Å². The third-order valence-corrected chi connectivity index (χ3v) is 5.12. The summed E-state index contributed by atoms with van der Waals surface area (Å²) < 4.78 is 5.50. The molecule has 0 saturated heterocycles. The molecule has 0 aliphatic carbocycles. The van der Waals surface area contributed by atoms with Crippen molar-refractivity contribution in [2.24, 2.45) is 0 Å². The van der Waals surface area contributed by atoms with Gasteiger partial charge in [-0.3, -0.25) is 25.0 Å². The number of hydrogen-bond donors (Lipinski definition) is 1. The van der Waals surface area contributed by atoms with Crippen molar-refractivity contribution in [3.8, 4) is 17.6 Å². The number of non-ortho nitro benzene ring substituents is 1. The van der Waals surface area contributed by atoms with E-state index in [2.05, 4.69) is 5.32 Å². The third kappa shape index (κ3) is 6.32. The Labute approximate surface area is 208 Å². The van der Waals surface area contributed by atoms with E-state index in [1.54, 1.807) is 0 Å². The minimum Gasteiger partial charge on any atom is -0.447 e. The summed E-state index contributed by atoms with van der Waals surface area (Å²) in [5, 5.41) is 34.1. The van der Waals surface area contributed by atoms with Gasteiger partial charge in [-0.1, -0.05) is 53.5 Å². The molecular formula is C23H14Cl2N4O6. The summed E-state index contributed by atoms with van der Waals surface area (Å²) in [5.74, 6) is -1.06. The van der Waals surface area contributed by atoms with Crippen LogP contribution >= 0.6 is 23.2 Å². The van der Waals surface area contributed by atoms with E-state index in [1.807, 2.05) is 36.4 Å². The van der Waals surface area contributed by atoms with Crippen LogP contribution in [0.4, 0.5) is 11.4 Å². The molecule has 0 radical (unpaired) electrons. The Balaban J connectivity index is 1.85. The molecule has 0 heterocycles. The minimum atomic E-state index is -0.839. The maximum atomic E-state index is 12.4. The molecule has 0 fully saturated rings. The van der Waals surface area contributed by atoms with Crippen molar-refractivity contribution >= 4 is 46.6 Å². The van der Waals surface area contributed by atoms with Crippen LogP contribution in [0.25, 0.3) is 6.08 Å². The number of hydrogen-bond acceptors (Lipinski definition) is 7. The second-order valence-corrected chi connectivity index (χ2v) is 7.73.